The van der Waals surface area contributed by atoms with Crippen LogP contribution < -0.4 is 56.5 Å². The Bertz CT molecular complexity index is 219. The van der Waals surface area contributed by atoms with Crippen molar-refractivity contribution in [3.63, 3.8) is 0 Å². The molecule has 0 bridgehead atoms. The molecule has 0 saturated carbocycles. The summed E-state index contributed by atoms with van der Waals surface area (Å²) in [6.45, 7) is 2.67. The zero-order valence-corrected chi connectivity index (χ0v) is 10.8. The Morgan fingerprint density at radius 3 is 1.83 bits per heavy atom. The zero-order chi connectivity index (χ0) is 9.02. The van der Waals surface area contributed by atoms with E-state index in [4.69, 9.17) is 0 Å². The predicted molar refractivity (Wildman–Crippen MR) is 35.4 cm³/mol. The first-order chi connectivity index (χ1) is 5.00. The van der Waals surface area contributed by atoms with Crippen molar-refractivity contribution in [2.75, 3.05) is 7.11 Å². The number of aliphatic carboxylic acids is 1. The smallest absolute Gasteiger partial charge is 0.545 e. The van der Waals surface area contributed by atoms with Crippen LogP contribution >= 0.6 is 0 Å². The maximum atomic E-state index is 10.7. The summed E-state index contributed by atoms with van der Waals surface area (Å²) in [5.74, 6) is -2.00. The Balaban J connectivity index is 0. The first-order valence-corrected chi connectivity index (χ1v) is 2.97. The van der Waals surface area contributed by atoms with Crippen LogP contribution in [0, 0.1) is 0 Å². The van der Waals surface area contributed by atoms with E-state index < -0.39 is 11.9 Å². The van der Waals surface area contributed by atoms with Crippen LogP contribution in [0.25, 0.3) is 0 Å². The minimum Gasteiger partial charge on any atom is -0.545 e. The monoisotopic (exact) mass is 196 g/mol. The van der Waals surface area contributed by atoms with Crippen molar-refractivity contribution in [1.29, 1.82) is 0 Å². The largest absolute Gasteiger partial charge is 1.00 e. The second-order valence-corrected chi connectivity index (χ2v) is 2.03. The van der Waals surface area contributed by atoms with Crippen molar-refractivity contribution in [2.24, 2.45) is 0 Å². The molecule has 0 fully saturated rings. The van der Waals surface area contributed by atoms with Crippen molar-refractivity contribution in [3.8, 4) is 0 Å². The SMILES string of the molecule is COC(=O)/C(C)=C(/C)C(=O)[O-].[K+]. The molecular weight excluding hydrogens is 187 g/mol. The molecule has 0 amide bonds. The molecule has 0 spiro atoms. The first kappa shape index (κ1) is 14.8. The van der Waals surface area contributed by atoms with Crippen LogP contribution in [-0.4, -0.2) is 19.0 Å². The summed E-state index contributed by atoms with van der Waals surface area (Å²) in [7, 11) is 1.19. The molecule has 0 aromatic carbocycles. The molecule has 0 aliphatic carbocycles. The number of ether oxygens (including phenoxy) is 1. The molecule has 0 heterocycles. The van der Waals surface area contributed by atoms with Crippen LogP contribution in [0.1, 0.15) is 13.8 Å². The number of carbonyl (C=O) groups is 2. The van der Waals surface area contributed by atoms with Gasteiger partial charge in [0.2, 0.25) is 0 Å². The molecule has 62 valence electrons. The third-order valence-electron chi connectivity index (χ3n) is 1.36. The van der Waals surface area contributed by atoms with Gasteiger partial charge in [0.15, 0.2) is 0 Å². The maximum Gasteiger partial charge on any atom is 1.00 e. The van der Waals surface area contributed by atoms with E-state index in [0.29, 0.717) is 0 Å². The number of esters is 1. The van der Waals surface area contributed by atoms with Crippen molar-refractivity contribution in [3.05, 3.63) is 11.1 Å². The average molecular weight is 196 g/mol. The molecule has 4 nitrogen and oxygen atoms in total. The summed E-state index contributed by atoms with van der Waals surface area (Å²) >= 11 is 0. The number of carboxylic acid groups (broad SMARTS) is 1. The van der Waals surface area contributed by atoms with E-state index in [1.807, 2.05) is 0 Å². The second-order valence-electron chi connectivity index (χ2n) is 2.03. The molecule has 0 N–H and O–H groups in total. The van der Waals surface area contributed by atoms with Gasteiger partial charge in [-0.1, -0.05) is 0 Å². The predicted octanol–water partition coefficient (Wildman–Crippen LogP) is -3.75. The van der Waals surface area contributed by atoms with Crippen LogP contribution in [0.3, 0.4) is 0 Å². The quantitative estimate of drug-likeness (QED) is 0.258. The summed E-state index contributed by atoms with van der Waals surface area (Å²) in [4.78, 5) is 20.9. The number of methoxy groups -OCH3 is 1. The first-order valence-electron chi connectivity index (χ1n) is 2.97. The Morgan fingerprint density at radius 1 is 1.17 bits per heavy atom. The molecule has 0 unspecified atom stereocenters. The number of rotatable bonds is 2. The number of hydrogen-bond acceptors (Lipinski definition) is 4. The van der Waals surface area contributed by atoms with Gasteiger partial charge in [0.05, 0.1) is 13.1 Å². The van der Waals surface area contributed by atoms with Gasteiger partial charge < -0.3 is 14.6 Å². The van der Waals surface area contributed by atoms with Gasteiger partial charge in [-0.15, -0.1) is 0 Å². The van der Waals surface area contributed by atoms with E-state index in [0.717, 1.165) is 0 Å². The molecule has 0 radical (unpaired) electrons. The number of carbonyl (C=O) groups excluding carboxylic acids is 2. The van der Waals surface area contributed by atoms with E-state index in [-0.39, 0.29) is 62.5 Å². The Morgan fingerprint density at radius 2 is 1.58 bits per heavy atom. The van der Waals surface area contributed by atoms with E-state index in [1.165, 1.54) is 21.0 Å². The van der Waals surface area contributed by atoms with Gasteiger partial charge in [-0.3, -0.25) is 0 Å². The molecule has 5 heteroatoms. The fourth-order valence-electron chi connectivity index (χ4n) is 0.459. The number of carboxylic acids is 1. The molecule has 0 rings (SSSR count). The third kappa shape index (κ3) is 4.37. The van der Waals surface area contributed by atoms with Gasteiger partial charge >= 0.3 is 57.4 Å². The summed E-state index contributed by atoms with van der Waals surface area (Å²) < 4.78 is 4.30. The second kappa shape index (κ2) is 6.79. The van der Waals surface area contributed by atoms with Crippen molar-refractivity contribution in [1.82, 2.24) is 0 Å². The summed E-state index contributed by atoms with van der Waals surface area (Å²) in [6.07, 6.45) is 0. The van der Waals surface area contributed by atoms with E-state index in [1.54, 1.807) is 0 Å². The maximum absolute atomic E-state index is 10.7. The molecule has 0 saturated heterocycles. The molecule has 0 aromatic heterocycles. The average Bonchev–Trinajstić information content (AvgIpc) is 2.00. The third-order valence-corrected chi connectivity index (χ3v) is 1.36. The van der Waals surface area contributed by atoms with E-state index >= 15 is 0 Å². The van der Waals surface area contributed by atoms with Crippen molar-refractivity contribution >= 4 is 11.9 Å². The molecule has 0 atom stereocenters. The summed E-state index contributed by atoms with van der Waals surface area (Å²) in [6, 6.07) is 0. The van der Waals surface area contributed by atoms with Gasteiger partial charge in [-0.05, 0) is 19.4 Å². The van der Waals surface area contributed by atoms with E-state index in [9.17, 15) is 14.7 Å². The van der Waals surface area contributed by atoms with Crippen LogP contribution in [-0.2, 0) is 14.3 Å². The normalized spacial score (nSPS) is 10.9. The number of hydrogen-bond donors (Lipinski definition) is 0. The Hall–Kier alpha value is 0.316. The minimum absolute atomic E-state index is 0. The van der Waals surface area contributed by atoms with Gasteiger partial charge in [0.1, 0.15) is 0 Å². The molecule has 12 heavy (non-hydrogen) atoms. The Kier molecular flexibility index (Phi) is 8.39. The van der Waals surface area contributed by atoms with E-state index in [2.05, 4.69) is 4.74 Å². The summed E-state index contributed by atoms with van der Waals surface area (Å²) in [5.41, 5.74) is -0.0376. The van der Waals surface area contributed by atoms with Gasteiger partial charge in [0.25, 0.3) is 0 Å². The Labute approximate surface area is 113 Å². The zero-order valence-electron chi connectivity index (χ0n) is 7.63. The fraction of sp³-hybridized carbons (Fsp3) is 0.429. The van der Waals surface area contributed by atoms with Crippen LogP contribution in [0.5, 0.6) is 0 Å². The van der Waals surface area contributed by atoms with Gasteiger partial charge in [-0.25, -0.2) is 4.79 Å². The summed E-state index contributed by atoms with van der Waals surface area (Å²) in [5, 5.41) is 10.2. The molecule has 0 aliphatic rings. The van der Waals surface area contributed by atoms with Crippen LogP contribution in [0.2, 0.25) is 0 Å². The van der Waals surface area contributed by atoms with Crippen molar-refractivity contribution < 1.29 is 70.8 Å². The van der Waals surface area contributed by atoms with Gasteiger partial charge in [0, 0.05) is 5.57 Å². The standard InChI is InChI=1S/C7H10O4.K/c1-4(6(8)9)5(2)7(10)11-3;/h1-3H3,(H,8,9);/q;+1/p-1/b5-4-;. The topological polar surface area (TPSA) is 66.4 Å². The van der Waals surface area contributed by atoms with Gasteiger partial charge in [-0.2, -0.15) is 0 Å². The van der Waals surface area contributed by atoms with Crippen molar-refractivity contribution in [2.45, 2.75) is 13.8 Å². The molecule has 0 aliphatic heterocycles. The fourth-order valence-corrected chi connectivity index (χ4v) is 0.459. The molecular formula is C7H9KO4. The van der Waals surface area contributed by atoms with Crippen LogP contribution in [0.4, 0.5) is 0 Å². The van der Waals surface area contributed by atoms with Crippen LogP contribution in [0.15, 0.2) is 11.1 Å². The minimum atomic E-state index is -1.35. The molecule has 0 aromatic rings.